The van der Waals surface area contributed by atoms with Gasteiger partial charge in [0.2, 0.25) is 0 Å². The van der Waals surface area contributed by atoms with E-state index in [1.54, 1.807) is 0 Å². The minimum absolute atomic E-state index is 0.200. The summed E-state index contributed by atoms with van der Waals surface area (Å²) in [6, 6.07) is 6.25. The molecule has 17 heavy (non-hydrogen) atoms. The van der Waals surface area contributed by atoms with Gasteiger partial charge in [0.15, 0.2) is 0 Å². The van der Waals surface area contributed by atoms with Gasteiger partial charge in [0.05, 0.1) is 12.2 Å². The van der Waals surface area contributed by atoms with Gasteiger partial charge < -0.3 is 9.47 Å². The second-order valence-electron chi connectivity index (χ2n) is 5.38. The summed E-state index contributed by atoms with van der Waals surface area (Å²) in [5.74, 6) is 2.36. The van der Waals surface area contributed by atoms with Gasteiger partial charge in [-0.05, 0) is 50.3 Å². The van der Waals surface area contributed by atoms with Gasteiger partial charge in [0.25, 0.3) is 0 Å². The number of hydrogen-bond donors (Lipinski definition) is 0. The van der Waals surface area contributed by atoms with Crippen LogP contribution in [0.15, 0.2) is 18.2 Å². The average Bonchev–Trinajstić information content (AvgIpc) is 3.00. The summed E-state index contributed by atoms with van der Waals surface area (Å²) in [6.07, 6.45) is 3.01. The summed E-state index contributed by atoms with van der Waals surface area (Å²) < 4.78 is 11.6. The maximum Gasteiger partial charge on any atom is 0.123 e. The second kappa shape index (κ2) is 4.99. The molecule has 2 heteroatoms. The van der Waals surface area contributed by atoms with Gasteiger partial charge >= 0.3 is 0 Å². The lowest BCUT2D eigenvalue weighted by Crippen LogP contribution is -2.06. The van der Waals surface area contributed by atoms with Crippen LogP contribution in [-0.2, 0) is 0 Å². The van der Waals surface area contributed by atoms with Crippen molar-refractivity contribution >= 4 is 0 Å². The Kier molecular flexibility index (Phi) is 3.60. The molecule has 0 aromatic heterocycles. The zero-order valence-corrected chi connectivity index (χ0v) is 11.2. The second-order valence-corrected chi connectivity index (χ2v) is 5.38. The van der Waals surface area contributed by atoms with Crippen molar-refractivity contribution in [1.29, 1.82) is 0 Å². The van der Waals surface area contributed by atoms with Crippen molar-refractivity contribution in [3.63, 3.8) is 0 Å². The molecule has 0 amide bonds. The van der Waals surface area contributed by atoms with Crippen LogP contribution < -0.4 is 9.47 Å². The molecular weight excluding hydrogens is 212 g/mol. The normalized spacial score (nSPS) is 15.4. The molecule has 0 aliphatic heterocycles. The summed E-state index contributed by atoms with van der Waals surface area (Å²) in [5, 5.41) is 0. The van der Waals surface area contributed by atoms with Gasteiger partial charge in [0.1, 0.15) is 11.5 Å². The third-order valence-electron chi connectivity index (χ3n) is 2.77. The lowest BCUT2D eigenvalue weighted by molar-refractivity contribution is 0.239. The molecule has 0 heterocycles. The molecule has 0 saturated heterocycles. The molecule has 2 rings (SSSR count). The van der Waals surface area contributed by atoms with Crippen LogP contribution >= 0.6 is 0 Å². The molecule has 2 nitrogen and oxygen atoms in total. The fourth-order valence-corrected chi connectivity index (χ4v) is 1.71. The average molecular weight is 234 g/mol. The number of benzene rings is 1. The molecule has 1 aromatic rings. The molecule has 1 fully saturated rings. The molecule has 1 aliphatic carbocycles. The smallest absolute Gasteiger partial charge is 0.123 e. The van der Waals surface area contributed by atoms with E-state index in [-0.39, 0.29) is 6.10 Å². The zero-order valence-electron chi connectivity index (χ0n) is 11.2. The molecule has 1 aromatic carbocycles. The Labute approximate surface area is 104 Å². The Morgan fingerprint density at radius 3 is 2.18 bits per heavy atom. The van der Waals surface area contributed by atoms with Gasteiger partial charge in [-0.3, -0.25) is 0 Å². The van der Waals surface area contributed by atoms with E-state index in [9.17, 15) is 0 Å². The van der Waals surface area contributed by atoms with Gasteiger partial charge in [0, 0.05) is 6.07 Å². The van der Waals surface area contributed by atoms with Crippen molar-refractivity contribution in [2.75, 3.05) is 0 Å². The largest absolute Gasteiger partial charge is 0.491 e. The highest BCUT2D eigenvalue weighted by Crippen LogP contribution is 2.32. The number of ether oxygens (including phenoxy) is 2. The predicted octanol–water partition coefficient (Wildman–Crippen LogP) is 4.14. The molecule has 0 spiro atoms. The van der Waals surface area contributed by atoms with Gasteiger partial charge in [-0.2, -0.15) is 0 Å². The van der Waals surface area contributed by atoms with Crippen LogP contribution in [0, 0.1) is 0 Å². The van der Waals surface area contributed by atoms with E-state index in [2.05, 4.69) is 26.0 Å². The predicted molar refractivity (Wildman–Crippen MR) is 69.9 cm³/mol. The molecule has 0 N–H and O–H groups in total. The van der Waals surface area contributed by atoms with Crippen LogP contribution in [0.5, 0.6) is 11.5 Å². The molecule has 1 aliphatic rings. The molecule has 0 bridgehead atoms. The third kappa shape index (κ3) is 3.65. The van der Waals surface area contributed by atoms with Gasteiger partial charge in [-0.1, -0.05) is 13.8 Å². The fraction of sp³-hybridized carbons (Fsp3) is 0.600. The van der Waals surface area contributed by atoms with E-state index in [1.807, 2.05) is 19.9 Å². The van der Waals surface area contributed by atoms with Crippen molar-refractivity contribution in [3.8, 4) is 11.5 Å². The maximum atomic E-state index is 5.86. The molecule has 1 saturated carbocycles. The van der Waals surface area contributed by atoms with Crippen molar-refractivity contribution in [2.24, 2.45) is 0 Å². The topological polar surface area (TPSA) is 18.5 Å². The van der Waals surface area contributed by atoms with Crippen LogP contribution in [0.4, 0.5) is 0 Å². The summed E-state index contributed by atoms with van der Waals surface area (Å²) in [6.45, 7) is 8.47. The van der Waals surface area contributed by atoms with Crippen LogP contribution in [0.3, 0.4) is 0 Å². The van der Waals surface area contributed by atoms with Crippen LogP contribution in [0.2, 0.25) is 0 Å². The van der Waals surface area contributed by atoms with Crippen molar-refractivity contribution in [1.82, 2.24) is 0 Å². The van der Waals surface area contributed by atoms with Gasteiger partial charge in [-0.25, -0.2) is 0 Å². The van der Waals surface area contributed by atoms with Crippen molar-refractivity contribution < 1.29 is 9.47 Å². The van der Waals surface area contributed by atoms with E-state index in [0.717, 1.165) is 11.5 Å². The maximum absolute atomic E-state index is 5.86. The Morgan fingerprint density at radius 2 is 1.65 bits per heavy atom. The number of rotatable bonds is 5. The Morgan fingerprint density at radius 1 is 1.00 bits per heavy atom. The van der Waals surface area contributed by atoms with Gasteiger partial charge in [-0.15, -0.1) is 0 Å². The summed E-state index contributed by atoms with van der Waals surface area (Å²) in [7, 11) is 0. The highest BCUT2D eigenvalue weighted by molar-refractivity contribution is 5.40. The summed E-state index contributed by atoms with van der Waals surface area (Å²) >= 11 is 0. The van der Waals surface area contributed by atoms with E-state index in [4.69, 9.17) is 9.47 Å². The molecule has 0 atom stereocenters. The van der Waals surface area contributed by atoms with E-state index >= 15 is 0 Å². The van der Waals surface area contributed by atoms with Crippen molar-refractivity contribution in [2.45, 2.75) is 58.7 Å². The molecule has 0 unspecified atom stereocenters. The highest BCUT2D eigenvalue weighted by atomic mass is 16.5. The molecule has 94 valence electrons. The lowest BCUT2D eigenvalue weighted by atomic mass is 10.0. The summed E-state index contributed by atoms with van der Waals surface area (Å²) in [5.41, 5.74) is 1.28. The van der Waals surface area contributed by atoms with Crippen LogP contribution in [0.25, 0.3) is 0 Å². The Hall–Kier alpha value is -1.18. The minimum Gasteiger partial charge on any atom is -0.491 e. The number of hydrogen-bond acceptors (Lipinski definition) is 2. The fourth-order valence-electron chi connectivity index (χ4n) is 1.71. The third-order valence-corrected chi connectivity index (χ3v) is 2.77. The summed E-state index contributed by atoms with van der Waals surface area (Å²) in [4.78, 5) is 0. The monoisotopic (exact) mass is 234 g/mol. The van der Waals surface area contributed by atoms with Crippen LogP contribution in [-0.4, -0.2) is 12.2 Å². The van der Waals surface area contributed by atoms with E-state index in [0.29, 0.717) is 12.0 Å². The van der Waals surface area contributed by atoms with Crippen molar-refractivity contribution in [3.05, 3.63) is 23.8 Å². The molecule has 0 radical (unpaired) electrons. The first kappa shape index (κ1) is 12.3. The Balaban J connectivity index is 2.20. The zero-order chi connectivity index (χ0) is 12.4. The Bertz CT molecular complexity index is 356. The first-order chi connectivity index (χ1) is 8.04. The lowest BCUT2D eigenvalue weighted by Gasteiger charge is -2.15. The first-order valence-electron chi connectivity index (χ1n) is 6.53. The van der Waals surface area contributed by atoms with E-state index < -0.39 is 0 Å². The standard InChI is InChI=1S/C15H22O2/c1-10(2)12-7-14(16-11(3)4)9-15(8-12)17-13-5-6-13/h7-11,13H,5-6H2,1-4H3. The minimum atomic E-state index is 0.200. The SMILES string of the molecule is CC(C)Oc1cc(OC2CC2)cc(C(C)C)c1. The van der Waals surface area contributed by atoms with Crippen LogP contribution in [0.1, 0.15) is 52.0 Å². The molecular formula is C15H22O2. The highest BCUT2D eigenvalue weighted by Gasteiger charge is 2.24. The van der Waals surface area contributed by atoms with E-state index in [1.165, 1.54) is 18.4 Å². The first-order valence-corrected chi connectivity index (χ1v) is 6.53. The quantitative estimate of drug-likeness (QED) is 0.762.